The Labute approximate surface area is 108 Å². The van der Waals surface area contributed by atoms with E-state index >= 15 is 0 Å². The summed E-state index contributed by atoms with van der Waals surface area (Å²) in [5.74, 6) is 0.135. The SMILES string of the molecule is Cc1ccc(F)c(NCC(O)COCC(C)C)c1. The van der Waals surface area contributed by atoms with E-state index in [4.69, 9.17) is 4.74 Å². The fourth-order valence-electron chi connectivity index (χ4n) is 1.50. The van der Waals surface area contributed by atoms with E-state index in [1.807, 2.05) is 20.8 Å². The van der Waals surface area contributed by atoms with E-state index in [0.717, 1.165) is 5.56 Å². The molecule has 0 spiro atoms. The summed E-state index contributed by atoms with van der Waals surface area (Å²) in [4.78, 5) is 0. The molecule has 2 N–H and O–H groups in total. The van der Waals surface area contributed by atoms with Crippen LogP contribution in [0.2, 0.25) is 0 Å². The first kappa shape index (κ1) is 14.9. The summed E-state index contributed by atoms with van der Waals surface area (Å²) in [5.41, 5.74) is 1.39. The van der Waals surface area contributed by atoms with Gasteiger partial charge < -0.3 is 15.2 Å². The molecule has 102 valence electrons. The van der Waals surface area contributed by atoms with Gasteiger partial charge in [0.25, 0.3) is 0 Å². The molecule has 0 saturated carbocycles. The summed E-state index contributed by atoms with van der Waals surface area (Å²) in [6, 6.07) is 4.85. The number of aryl methyl sites for hydroxylation is 1. The van der Waals surface area contributed by atoms with Crippen LogP contribution >= 0.6 is 0 Å². The second-order valence-electron chi connectivity index (χ2n) is 4.95. The third-order valence-corrected chi connectivity index (χ3v) is 2.41. The van der Waals surface area contributed by atoms with Crippen molar-refractivity contribution in [2.24, 2.45) is 5.92 Å². The quantitative estimate of drug-likeness (QED) is 0.787. The molecule has 4 heteroatoms. The van der Waals surface area contributed by atoms with Crippen LogP contribution in [0.1, 0.15) is 19.4 Å². The van der Waals surface area contributed by atoms with Gasteiger partial charge in [-0.3, -0.25) is 0 Å². The minimum atomic E-state index is -0.635. The maximum absolute atomic E-state index is 13.4. The molecular formula is C14H22FNO2. The summed E-state index contributed by atoms with van der Waals surface area (Å²) in [5, 5.41) is 12.6. The number of benzene rings is 1. The predicted molar refractivity (Wildman–Crippen MR) is 71.3 cm³/mol. The Balaban J connectivity index is 2.33. The average molecular weight is 255 g/mol. The number of hydrogen-bond acceptors (Lipinski definition) is 3. The number of halogens is 1. The molecule has 0 aliphatic carbocycles. The smallest absolute Gasteiger partial charge is 0.146 e. The molecule has 0 radical (unpaired) electrons. The van der Waals surface area contributed by atoms with E-state index < -0.39 is 6.10 Å². The van der Waals surface area contributed by atoms with Gasteiger partial charge in [0.1, 0.15) is 5.82 Å². The number of ether oxygens (including phenoxy) is 1. The van der Waals surface area contributed by atoms with Crippen molar-refractivity contribution in [2.45, 2.75) is 26.9 Å². The zero-order valence-electron chi connectivity index (χ0n) is 11.2. The highest BCUT2D eigenvalue weighted by Crippen LogP contribution is 2.15. The van der Waals surface area contributed by atoms with Gasteiger partial charge in [0.2, 0.25) is 0 Å². The van der Waals surface area contributed by atoms with E-state index in [9.17, 15) is 9.50 Å². The standard InChI is InChI=1S/C14H22FNO2/c1-10(2)8-18-9-12(17)7-16-14-6-11(3)4-5-13(14)15/h4-6,10,12,16-17H,7-9H2,1-3H3. The molecule has 0 aliphatic heterocycles. The molecule has 1 atom stereocenters. The third kappa shape index (κ3) is 5.47. The Kier molecular flexibility index (Phi) is 6.09. The Morgan fingerprint density at radius 2 is 2.06 bits per heavy atom. The molecule has 0 heterocycles. The average Bonchev–Trinajstić information content (AvgIpc) is 2.30. The van der Waals surface area contributed by atoms with E-state index in [1.54, 1.807) is 12.1 Å². The highest BCUT2D eigenvalue weighted by molar-refractivity contribution is 5.47. The monoisotopic (exact) mass is 255 g/mol. The lowest BCUT2D eigenvalue weighted by molar-refractivity contribution is 0.0317. The molecule has 0 aliphatic rings. The van der Waals surface area contributed by atoms with Gasteiger partial charge in [0.05, 0.1) is 18.4 Å². The van der Waals surface area contributed by atoms with Crippen LogP contribution in [-0.2, 0) is 4.74 Å². The van der Waals surface area contributed by atoms with Gasteiger partial charge in [-0.15, -0.1) is 0 Å². The van der Waals surface area contributed by atoms with Gasteiger partial charge in [-0.1, -0.05) is 19.9 Å². The van der Waals surface area contributed by atoms with Gasteiger partial charge in [0.15, 0.2) is 0 Å². The summed E-state index contributed by atoms with van der Waals surface area (Å²) in [6.45, 7) is 7.15. The maximum Gasteiger partial charge on any atom is 0.146 e. The zero-order chi connectivity index (χ0) is 13.5. The third-order valence-electron chi connectivity index (χ3n) is 2.41. The van der Waals surface area contributed by atoms with Crippen LogP contribution in [0, 0.1) is 18.7 Å². The second kappa shape index (κ2) is 7.34. The summed E-state index contributed by atoms with van der Waals surface area (Å²) >= 11 is 0. The number of rotatable bonds is 7. The Hall–Kier alpha value is -1.13. The predicted octanol–water partition coefficient (Wildman–Crippen LogP) is 2.58. The number of nitrogens with one attached hydrogen (secondary N) is 1. The van der Waals surface area contributed by atoms with Gasteiger partial charge >= 0.3 is 0 Å². The fourth-order valence-corrected chi connectivity index (χ4v) is 1.50. The zero-order valence-corrected chi connectivity index (χ0v) is 11.2. The van der Waals surface area contributed by atoms with Crippen molar-refractivity contribution >= 4 is 5.69 Å². The number of hydrogen-bond donors (Lipinski definition) is 2. The molecule has 18 heavy (non-hydrogen) atoms. The largest absolute Gasteiger partial charge is 0.389 e. The molecule has 1 aromatic carbocycles. The lowest BCUT2D eigenvalue weighted by Gasteiger charge is -2.14. The maximum atomic E-state index is 13.4. The Morgan fingerprint density at radius 1 is 1.33 bits per heavy atom. The first-order chi connectivity index (χ1) is 8.49. The highest BCUT2D eigenvalue weighted by Gasteiger charge is 2.07. The Morgan fingerprint density at radius 3 is 2.72 bits per heavy atom. The van der Waals surface area contributed by atoms with E-state index in [-0.39, 0.29) is 19.0 Å². The van der Waals surface area contributed by atoms with Crippen LogP contribution < -0.4 is 5.32 Å². The minimum Gasteiger partial charge on any atom is -0.389 e. The molecule has 0 bridgehead atoms. The van der Waals surface area contributed by atoms with Gasteiger partial charge in [-0.05, 0) is 30.5 Å². The van der Waals surface area contributed by atoms with Crippen LogP contribution in [0.4, 0.5) is 10.1 Å². The molecule has 1 rings (SSSR count). The highest BCUT2D eigenvalue weighted by atomic mass is 19.1. The fraction of sp³-hybridized carbons (Fsp3) is 0.571. The van der Waals surface area contributed by atoms with Crippen LogP contribution in [0.15, 0.2) is 18.2 Å². The number of aliphatic hydroxyl groups excluding tert-OH is 1. The van der Waals surface area contributed by atoms with Gasteiger partial charge in [0, 0.05) is 13.2 Å². The topological polar surface area (TPSA) is 41.5 Å². The first-order valence-electron chi connectivity index (χ1n) is 6.25. The van der Waals surface area contributed by atoms with Crippen LogP contribution in [-0.4, -0.2) is 31.0 Å². The van der Waals surface area contributed by atoms with Crippen molar-refractivity contribution < 1.29 is 14.2 Å². The van der Waals surface area contributed by atoms with Crippen molar-refractivity contribution in [3.8, 4) is 0 Å². The van der Waals surface area contributed by atoms with Crippen molar-refractivity contribution in [2.75, 3.05) is 25.1 Å². The summed E-state index contributed by atoms with van der Waals surface area (Å²) in [7, 11) is 0. The van der Waals surface area contributed by atoms with Gasteiger partial charge in [-0.2, -0.15) is 0 Å². The molecule has 1 unspecified atom stereocenters. The van der Waals surface area contributed by atoms with Crippen molar-refractivity contribution in [3.05, 3.63) is 29.6 Å². The van der Waals surface area contributed by atoms with Crippen molar-refractivity contribution in [3.63, 3.8) is 0 Å². The first-order valence-corrected chi connectivity index (χ1v) is 6.25. The lowest BCUT2D eigenvalue weighted by Crippen LogP contribution is -2.26. The number of aliphatic hydroxyl groups is 1. The number of anilines is 1. The van der Waals surface area contributed by atoms with Crippen LogP contribution in [0.5, 0.6) is 0 Å². The van der Waals surface area contributed by atoms with Crippen LogP contribution in [0.3, 0.4) is 0 Å². The van der Waals surface area contributed by atoms with Crippen molar-refractivity contribution in [1.82, 2.24) is 0 Å². The molecule has 0 aromatic heterocycles. The molecule has 0 amide bonds. The summed E-state index contributed by atoms with van der Waals surface area (Å²) < 4.78 is 18.7. The molecular weight excluding hydrogens is 233 g/mol. The molecule has 0 fully saturated rings. The van der Waals surface area contributed by atoms with Crippen LogP contribution in [0.25, 0.3) is 0 Å². The van der Waals surface area contributed by atoms with E-state index in [2.05, 4.69) is 5.32 Å². The van der Waals surface area contributed by atoms with Gasteiger partial charge in [-0.25, -0.2) is 4.39 Å². The molecule has 1 aromatic rings. The van der Waals surface area contributed by atoms with E-state index in [0.29, 0.717) is 18.2 Å². The Bertz CT molecular complexity index is 369. The summed E-state index contributed by atoms with van der Waals surface area (Å²) in [6.07, 6.45) is -0.635. The van der Waals surface area contributed by atoms with Crippen molar-refractivity contribution in [1.29, 1.82) is 0 Å². The second-order valence-corrected chi connectivity index (χ2v) is 4.95. The normalized spacial score (nSPS) is 12.8. The molecule has 0 saturated heterocycles. The molecule has 3 nitrogen and oxygen atoms in total. The van der Waals surface area contributed by atoms with E-state index in [1.165, 1.54) is 6.07 Å². The lowest BCUT2D eigenvalue weighted by atomic mass is 10.2. The minimum absolute atomic E-state index is 0.263.